The first-order valence-electron chi connectivity index (χ1n) is 6.16. The zero-order valence-electron chi connectivity index (χ0n) is 11.7. The highest BCUT2D eigenvalue weighted by atomic mass is 16.5. The van der Waals surface area contributed by atoms with E-state index in [-0.39, 0.29) is 38.6 Å². The van der Waals surface area contributed by atoms with E-state index < -0.39 is 18.0 Å². The molecule has 1 unspecified atom stereocenters. The average molecular weight is 298 g/mol. The third kappa shape index (κ3) is 12.6. The lowest BCUT2D eigenvalue weighted by Crippen LogP contribution is -2.23. The Balaban J connectivity index is 3.82. The lowest BCUT2D eigenvalue weighted by atomic mass is 10.3. The maximum Gasteiger partial charge on any atom is 0.331 e. The van der Waals surface area contributed by atoms with Crippen molar-refractivity contribution in [3.8, 4) is 12.3 Å². The molecule has 0 aliphatic heterocycles. The van der Waals surface area contributed by atoms with Gasteiger partial charge in [-0.3, -0.25) is 4.79 Å². The fourth-order valence-electron chi connectivity index (χ4n) is 1.01. The third-order valence-electron chi connectivity index (χ3n) is 1.97. The number of hydrogen-bond acceptors (Lipinski definition) is 7. The van der Waals surface area contributed by atoms with Crippen LogP contribution in [0.4, 0.5) is 0 Å². The van der Waals surface area contributed by atoms with Crippen molar-refractivity contribution < 1.29 is 33.7 Å². The fourth-order valence-corrected chi connectivity index (χ4v) is 1.01. The summed E-state index contributed by atoms with van der Waals surface area (Å²) in [4.78, 5) is 32.9. The van der Waals surface area contributed by atoms with Gasteiger partial charge in [0.25, 0.3) is 0 Å². The first kappa shape index (κ1) is 18.8. The summed E-state index contributed by atoms with van der Waals surface area (Å²) in [6.07, 6.45) is 5.80. The SMILES string of the molecule is C#CCOCC(O)COC(=O)/C=C/C(=O)OCCC(C)=O. The Morgan fingerprint density at radius 1 is 1.19 bits per heavy atom. The summed E-state index contributed by atoms with van der Waals surface area (Å²) >= 11 is 0. The monoisotopic (exact) mass is 298 g/mol. The number of terminal acetylenes is 1. The predicted molar refractivity (Wildman–Crippen MR) is 72.0 cm³/mol. The number of carbonyl (C=O) groups excluding carboxylic acids is 3. The highest BCUT2D eigenvalue weighted by Crippen LogP contribution is 1.92. The van der Waals surface area contributed by atoms with Crippen LogP contribution < -0.4 is 0 Å². The van der Waals surface area contributed by atoms with Crippen LogP contribution >= 0.6 is 0 Å². The van der Waals surface area contributed by atoms with Crippen molar-refractivity contribution in [1.82, 2.24) is 0 Å². The Kier molecular flexibility index (Phi) is 10.4. The molecule has 21 heavy (non-hydrogen) atoms. The summed E-state index contributed by atoms with van der Waals surface area (Å²) in [5.74, 6) is 0.546. The van der Waals surface area contributed by atoms with E-state index in [0.29, 0.717) is 0 Å². The van der Waals surface area contributed by atoms with Crippen LogP contribution in [0.2, 0.25) is 0 Å². The van der Waals surface area contributed by atoms with Gasteiger partial charge in [0, 0.05) is 18.6 Å². The number of aliphatic hydroxyl groups excluding tert-OH is 1. The van der Waals surface area contributed by atoms with E-state index in [2.05, 4.69) is 15.4 Å². The van der Waals surface area contributed by atoms with Gasteiger partial charge in [-0.15, -0.1) is 6.42 Å². The van der Waals surface area contributed by atoms with Gasteiger partial charge < -0.3 is 19.3 Å². The molecular formula is C14H18O7. The Hall–Kier alpha value is -2.17. The van der Waals surface area contributed by atoms with Gasteiger partial charge in [0.05, 0.1) is 13.2 Å². The van der Waals surface area contributed by atoms with Crippen LogP contribution in [0.1, 0.15) is 13.3 Å². The van der Waals surface area contributed by atoms with Gasteiger partial charge in [0.1, 0.15) is 25.1 Å². The molecule has 0 rings (SSSR count). The molecule has 0 aromatic heterocycles. The Bertz CT molecular complexity index is 420. The minimum Gasteiger partial charge on any atom is -0.462 e. The maximum absolute atomic E-state index is 11.2. The summed E-state index contributed by atoms with van der Waals surface area (Å²) in [5.41, 5.74) is 0. The van der Waals surface area contributed by atoms with Crippen LogP contribution in [-0.2, 0) is 28.6 Å². The van der Waals surface area contributed by atoms with Crippen LogP contribution in [0.5, 0.6) is 0 Å². The molecular weight excluding hydrogens is 280 g/mol. The molecule has 1 N–H and O–H groups in total. The van der Waals surface area contributed by atoms with Crippen molar-refractivity contribution in [1.29, 1.82) is 0 Å². The molecule has 0 aromatic rings. The molecule has 7 heteroatoms. The quantitative estimate of drug-likeness (QED) is 0.254. The van der Waals surface area contributed by atoms with Gasteiger partial charge >= 0.3 is 11.9 Å². The minimum atomic E-state index is -1.00. The summed E-state index contributed by atoms with van der Waals surface area (Å²) in [5, 5.41) is 9.35. The largest absolute Gasteiger partial charge is 0.462 e. The second-order valence-electron chi connectivity index (χ2n) is 3.96. The number of ketones is 1. The molecule has 1 atom stereocenters. The molecule has 0 heterocycles. The van der Waals surface area contributed by atoms with Crippen molar-refractivity contribution in [2.45, 2.75) is 19.4 Å². The highest BCUT2D eigenvalue weighted by molar-refractivity contribution is 5.91. The van der Waals surface area contributed by atoms with Crippen molar-refractivity contribution in [3.05, 3.63) is 12.2 Å². The molecule has 0 aromatic carbocycles. The van der Waals surface area contributed by atoms with Crippen molar-refractivity contribution >= 4 is 17.7 Å². The minimum absolute atomic E-state index is 0.0429. The third-order valence-corrected chi connectivity index (χ3v) is 1.97. The van der Waals surface area contributed by atoms with Crippen LogP contribution in [0.25, 0.3) is 0 Å². The normalized spacial score (nSPS) is 11.7. The number of rotatable bonds is 10. The summed E-state index contributed by atoms with van der Waals surface area (Å²) in [7, 11) is 0. The molecule has 0 aliphatic carbocycles. The number of esters is 2. The van der Waals surface area contributed by atoms with Gasteiger partial charge in [0.15, 0.2) is 0 Å². The van der Waals surface area contributed by atoms with Gasteiger partial charge in [0.2, 0.25) is 0 Å². The second kappa shape index (κ2) is 11.6. The van der Waals surface area contributed by atoms with E-state index in [9.17, 15) is 19.5 Å². The summed E-state index contributed by atoms with van der Waals surface area (Å²) < 4.78 is 14.2. The standard InChI is InChI=1S/C14H18O7/c1-3-7-19-9-12(16)10-21-14(18)5-4-13(17)20-8-6-11(2)15/h1,4-5,12,16H,6-10H2,2H3/b5-4+. The lowest BCUT2D eigenvalue weighted by Gasteiger charge is -2.09. The Morgan fingerprint density at radius 2 is 1.81 bits per heavy atom. The first-order chi connectivity index (χ1) is 9.95. The van der Waals surface area contributed by atoms with E-state index in [1.165, 1.54) is 6.92 Å². The van der Waals surface area contributed by atoms with Crippen LogP contribution in [-0.4, -0.2) is 55.4 Å². The van der Waals surface area contributed by atoms with Gasteiger partial charge in [-0.1, -0.05) is 5.92 Å². The molecule has 116 valence electrons. The number of carbonyl (C=O) groups is 3. The Morgan fingerprint density at radius 3 is 2.38 bits per heavy atom. The smallest absolute Gasteiger partial charge is 0.331 e. The molecule has 7 nitrogen and oxygen atoms in total. The van der Waals surface area contributed by atoms with E-state index >= 15 is 0 Å². The number of aliphatic hydroxyl groups is 1. The summed E-state index contributed by atoms with van der Waals surface area (Å²) in [6, 6.07) is 0. The zero-order valence-corrected chi connectivity index (χ0v) is 11.7. The molecule has 0 aliphatic rings. The van der Waals surface area contributed by atoms with Crippen LogP contribution in [0.3, 0.4) is 0 Å². The van der Waals surface area contributed by atoms with Gasteiger partial charge in [-0.2, -0.15) is 0 Å². The molecule has 0 fully saturated rings. The summed E-state index contributed by atoms with van der Waals surface area (Å²) in [6.45, 7) is 1.04. The molecule has 0 saturated carbocycles. The van der Waals surface area contributed by atoms with E-state index in [1.54, 1.807) is 0 Å². The second-order valence-corrected chi connectivity index (χ2v) is 3.96. The van der Waals surface area contributed by atoms with E-state index in [4.69, 9.17) is 11.2 Å². The zero-order chi connectivity index (χ0) is 16.1. The molecule has 0 saturated heterocycles. The lowest BCUT2D eigenvalue weighted by molar-refractivity contribution is -0.143. The number of hydrogen-bond donors (Lipinski definition) is 1. The molecule has 0 bridgehead atoms. The number of ether oxygens (including phenoxy) is 3. The highest BCUT2D eigenvalue weighted by Gasteiger charge is 2.07. The maximum atomic E-state index is 11.2. The molecule has 0 spiro atoms. The Labute approximate surface area is 122 Å². The topological polar surface area (TPSA) is 99.1 Å². The van der Waals surface area contributed by atoms with Crippen molar-refractivity contribution in [2.75, 3.05) is 26.4 Å². The number of Topliss-reactive ketones (excluding diaryl/α,β-unsaturated/α-hetero) is 1. The van der Waals surface area contributed by atoms with Crippen molar-refractivity contribution in [3.63, 3.8) is 0 Å². The van der Waals surface area contributed by atoms with E-state index in [1.807, 2.05) is 0 Å². The predicted octanol–water partition coefficient (Wildman–Crippen LogP) is -0.381. The van der Waals surface area contributed by atoms with Crippen LogP contribution in [0.15, 0.2) is 12.2 Å². The van der Waals surface area contributed by atoms with Gasteiger partial charge in [-0.25, -0.2) is 9.59 Å². The van der Waals surface area contributed by atoms with Crippen molar-refractivity contribution in [2.24, 2.45) is 0 Å². The van der Waals surface area contributed by atoms with Gasteiger partial charge in [-0.05, 0) is 6.92 Å². The van der Waals surface area contributed by atoms with E-state index in [0.717, 1.165) is 12.2 Å². The molecule has 0 radical (unpaired) electrons. The van der Waals surface area contributed by atoms with Crippen LogP contribution in [0, 0.1) is 12.3 Å². The first-order valence-corrected chi connectivity index (χ1v) is 6.16. The average Bonchev–Trinajstić information content (AvgIpc) is 2.42. The molecule has 0 amide bonds. The fraction of sp³-hybridized carbons (Fsp3) is 0.500.